The van der Waals surface area contributed by atoms with Crippen molar-refractivity contribution in [2.45, 2.75) is 13.8 Å². The number of benzene rings is 1. The highest BCUT2D eigenvalue weighted by Gasteiger charge is 2.20. The number of hydrogen-bond acceptors (Lipinski definition) is 5. The third kappa shape index (κ3) is 4.81. The number of anilines is 2. The first-order valence-corrected chi connectivity index (χ1v) is 9.90. The lowest BCUT2D eigenvalue weighted by molar-refractivity contribution is 0.0950. The summed E-state index contributed by atoms with van der Waals surface area (Å²) >= 11 is 0. The van der Waals surface area contributed by atoms with Gasteiger partial charge in [0.2, 0.25) is 0 Å². The van der Waals surface area contributed by atoms with E-state index in [0.29, 0.717) is 12.1 Å². The number of nitrogens with zero attached hydrogens (tertiary/aromatic N) is 4. The molecule has 0 atom stereocenters. The van der Waals surface area contributed by atoms with Gasteiger partial charge < -0.3 is 20.0 Å². The molecule has 0 radical (unpaired) electrons. The van der Waals surface area contributed by atoms with Crippen molar-refractivity contribution in [3.63, 3.8) is 0 Å². The van der Waals surface area contributed by atoms with Gasteiger partial charge in [-0.15, -0.1) is 0 Å². The molecule has 0 spiro atoms. The lowest BCUT2D eigenvalue weighted by Crippen LogP contribution is -2.47. The predicted octanol–water partition coefficient (Wildman–Crippen LogP) is 2.32. The maximum Gasteiger partial charge on any atom is 0.252 e. The van der Waals surface area contributed by atoms with E-state index in [1.807, 2.05) is 31.3 Å². The first-order chi connectivity index (χ1) is 13.5. The van der Waals surface area contributed by atoms with Gasteiger partial charge in [0.05, 0.1) is 17.4 Å². The molecule has 2 aromatic rings. The highest BCUT2D eigenvalue weighted by atomic mass is 16.1. The summed E-state index contributed by atoms with van der Waals surface area (Å²) in [7, 11) is 3.98. The van der Waals surface area contributed by atoms with Crippen molar-refractivity contribution in [3.05, 3.63) is 53.3 Å². The van der Waals surface area contributed by atoms with E-state index in [9.17, 15) is 4.79 Å². The third-order valence-electron chi connectivity index (χ3n) is 5.39. The number of carbonyl (C=O) groups is 1. The molecule has 6 nitrogen and oxygen atoms in total. The molecular formula is C22H31N5O. The van der Waals surface area contributed by atoms with E-state index in [-0.39, 0.29) is 5.91 Å². The molecule has 1 N–H and O–H groups in total. The van der Waals surface area contributed by atoms with Gasteiger partial charge in [-0.3, -0.25) is 9.78 Å². The van der Waals surface area contributed by atoms with E-state index in [0.717, 1.165) is 38.4 Å². The van der Waals surface area contributed by atoms with Crippen LogP contribution in [0.3, 0.4) is 0 Å². The van der Waals surface area contributed by atoms with Crippen molar-refractivity contribution in [3.8, 4) is 0 Å². The fraction of sp³-hybridized carbons (Fsp3) is 0.455. The van der Waals surface area contributed by atoms with E-state index in [1.54, 1.807) is 6.20 Å². The van der Waals surface area contributed by atoms with Gasteiger partial charge in [-0.1, -0.05) is 12.1 Å². The summed E-state index contributed by atoms with van der Waals surface area (Å²) in [6, 6.07) is 8.45. The zero-order valence-corrected chi connectivity index (χ0v) is 17.4. The van der Waals surface area contributed by atoms with Crippen LogP contribution in [0.1, 0.15) is 21.5 Å². The Balaban J connectivity index is 1.61. The molecular weight excluding hydrogens is 350 g/mol. The standard InChI is InChI=1S/C22H31N5O/c1-17-6-5-7-21(18(17)2)27-12-10-26(11-13-27)20-14-19(15-23-16-20)22(28)24-8-9-25(3)4/h5-7,14-16H,8-13H2,1-4H3,(H,24,28). The largest absolute Gasteiger partial charge is 0.368 e. The average Bonchev–Trinajstić information content (AvgIpc) is 2.70. The number of aryl methyl sites for hydroxylation is 1. The SMILES string of the molecule is Cc1cccc(N2CCN(c3cncc(C(=O)NCCN(C)C)c3)CC2)c1C. The quantitative estimate of drug-likeness (QED) is 0.832. The maximum atomic E-state index is 12.4. The second kappa shape index (κ2) is 9.06. The van der Waals surface area contributed by atoms with Crippen molar-refractivity contribution < 1.29 is 4.79 Å². The third-order valence-corrected chi connectivity index (χ3v) is 5.39. The monoisotopic (exact) mass is 381 g/mol. The lowest BCUT2D eigenvalue weighted by Gasteiger charge is -2.38. The van der Waals surface area contributed by atoms with Crippen LogP contribution in [0, 0.1) is 13.8 Å². The van der Waals surface area contributed by atoms with Gasteiger partial charge in [0.25, 0.3) is 5.91 Å². The van der Waals surface area contributed by atoms with Crippen LogP contribution in [0.15, 0.2) is 36.7 Å². The van der Waals surface area contributed by atoms with Gasteiger partial charge in [0.15, 0.2) is 0 Å². The second-order valence-corrected chi connectivity index (χ2v) is 7.68. The molecule has 2 heterocycles. The number of hydrogen-bond donors (Lipinski definition) is 1. The summed E-state index contributed by atoms with van der Waals surface area (Å²) in [5.41, 5.74) is 5.65. The van der Waals surface area contributed by atoms with Gasteiger partial charge in [0.1, 0.15) is 0 Å². The summed E-state index contributed by atoms with van der Waals surface area (Å²) in [4.78, 5) is 23.5. The van der Waals surface area contributed by atoms with Crippen LogP contribution in [-0.4, -0.2) is 69.2 Å². The Morgan fingerprint density at radius 1 is 1.11 bits per heavy atom. The zero-order valence-electron chi connectivity index (χ0n) is 17.4. The fourth-order valence-electron chi connectivity index (χ4n) is 3.50. The first-order valence-electron chi connectivity index (χ1n) is 9.90. The second-order valence-electron chi connectivity index (χ2n) is 7.68. The van der Waals surface area contributed by atoms with Crippen molar-refractivity contribution >= 4 is 17.3 Å². The number of nitrogens with one attached hydrogen (secondary N) is 1. The van der Waals surface area contributed by atoms with Gasteiger partial charge >= 0.3 is 0 Å². The summed E-state index contributed by atoms with van der Waals surface area (Å²) < 4.78 is 0. The molecule has 1 aliphatic rings. The van der Waals surface area contributed by atoms with Gasteiger partial charge in [-0.2, -0.15) is 0 Å². The fourth-order valence-corrected chi connectivity index (χ4v) is 3.50. The Labute approximate surface area is 168 Å². The van der Waals surface area contributed by atoms with E-state index in [1.165, 1.54) is 16.8 Å². The Bertz CT molecular complexity index is 812. The molecule has 150 valence electrons. The van der Waals surface area contributed by atoms with E-state index < -0.39 is 0 Å². The summed E-state index contributed by atoms with van der Waals surface area (Å²) in [5, 5.41) is 2.95. The number of amides is 1. The Morgan fingerprint density at radius 3 is 2.54 bits per heavy atom. The summed E-state index contributed by atoms with van der Waals surface area (Å²) in [6.45, 7) is 9.56. The zero-order chi connectivity index (χ0) is 20.1. The molecule has 3 rings (SSSR count). The number of piperazine rings is 1. The number of aromatic nitrogens is 1. The number of pyridine rings is 1. The smallest absolute Gasteiger partial charge is 0.252 e. The molecule has 0 aliphatic carbocycles. The van der Waals surface area contributed by atoms with Gasteiger partial charge in [0, 0.05) is 51.2 Å². The van der Waals surface area contributed by atoms with Crippen LogP contribution in [0.5, 0.6) is 0 Å². The highest BCUT2D eigenvalue weighted by Crippen LogP contribution is 2.25. The molecule has 1 aliphatic heterocycles. The maximum absolute atomic E-state index is 12.4. The molecule has 6 heteroatoms. The molecule has 1 saturated heterocycles. The molecule has 0 saturated carbocycles. The van der Waals surface area contributed by atoms with Crippen LogP contribution in [0.25, 0.3) is 0 Å². The summed E-state index contributed by atoms with van der Waals surface area (Å²) in [5.74, 6) is -0.0646. The molecule has 1 aromatic carbocycles. The Kier molecular flexibility index (Phi) is 6.52. The molecule has 0 bridgehead atoms. The Morgan fingerprint density at radius 2 is 1.82 bits per heavy atom. The van der Waals surface area contributed by atoms with Crippen molar-refractivity contribution in [2.24, 2.45) is 0 Å². The normalized spacial score (nSPS) is 14.5. The van der Waals surface area contributed by atoms with Crippen LogP contribution in [0.2, 0.25) is 0 Å². The molecule has 1 fully saturated rings. The number of carbonyl (C=O) groups excluding carboxylic acids is 1. The van der Waals surface area contributed by atoms with Crippen LogP contribution in [0.4, 0.5) is 11.4 Å². The summed E-state index contributed by atoms with van der Waals surface area (Å²) in [6.07, 6.45) is 3.49. The topological polar surface area (TPSA) is 51.7 Å². The van der Waals surface area contributed by atoms with Crippen molar-refractivity contribution in [2.75, 3.05) is 63.2 Å². The van der Waals surface area contributed by atoms with Crippen molar-refractivity contribution in [1.29, 1.82) is 0 Å². The first kappa shape index (κ1) is 20.1. The van der Waals surface area contributed by atoms with E-state index >= 15 is 0 Å². The minimum atomic E-state index is -0.0646. The average molecular weight is 382 g/mol. The molecule has 28 heavy (non-hydrogen) atoms. The van der Waals surface area contributed by atoms with Gasteiger partial charge in [-0.25, -0.2) is 0 Å². The van der Waals surface area contributed by atoms with Crippen LogP contribution >= 0.6 is 0 Å². The molecule has 1 amide bonds. The highest BCUT2D eigenvalue weighted by molar-refractivity contribution is 5.94. The van der Waals surface area contributed by atoms with E-state index in [2.05, 4.69) is 52.1 Å². The minimum Gasteiger partial charge on any atom is -0.368 e. The molecule has 1 aromatic heterocycles. The predicted molar refractivity (Wildman–Crippen MR) is 115 cm³/mol. The van der Waals surface area contributed by atoms with Crippen LogP contribution in [-0.2, 0) is 0 Å². The van der Waals surface area contributed by atoms with Crippen LogP contribution < -0.4 is 15.1 Å². The Hall–Kier alpha value is -2.60. The van der Waals surface area contributed by atoms with Gasteiger partial charge in [-0.05, 0) is 51.2 Å². The minimum absolute atomic E-state index is 0.0646. The number of rotatable bonds is 6. The molecule has 0 unspecified atom stereocenters. The number of likely N-dealkylation sites (N-methyl/N-ethyl adjacent to an activating group) is 1. The lowest BCUT2D eigenvalue weighted by atomic mass is 10.1. The van der Waals surface area contributed by atoms with Crippen molar-refractivity contribution in [1.82, 2.24) is 15.2 Å². The van der Waals surface area contributed by atoms with E-state index in [4.69, 9.17) is 0 Å².